The molecule has 1 unspecified atom stereocenters. The molecule has 9 heteroatoms. The van der Waals surface area contributed by atoms with Crippen LogP contribution in [0.4, 0.5) is 5.00 Å². The molecule has 0 aromatic carbocycles. The first kappa shape index (κ1) is 18.4. The molecular formula is C15H20N2O6S. The number of fused-ring (bicyclic) bond motifs is 1. The Morgan fingerprint density at radius 2 is 2.08 bits per heavy atom. The van der Waals surface area contributed by atoms with Crippen LogP contribution in [0, 0.1) is 0 Å². The van der Waals surface area contributed by atoms with Crippen molar-refractivity contribution < 1.29 is 29.0 Å². The van der Waals surface area contributed by atoms with E-state index in [2.05, 4.69) is 5.32 Å². The molecular weight excluding hydrogens is 336 g/mol. The molecule has 0 spiro atoms. The quantitative estimate of drug-likeness (QED) is 0.547. The van der Waals surface area contributed by atoms with Gasteiger partial charge in [-0.1, -0.05) is 0 Å². The van der Waals surface area contributed by atoms with Crippen molar-refractivity contribution in [2.24, 2.45) is 5.73 Å². The summed E-state index contributed by atoms with van der Waals surface area (Å²) in [6, 6.07) is 0. The fourth-order valence-corrected chi connectivity index (χ4v) is 3.41. The Morgan fingerprint density at radius 3 is 2.62 bits per heavy atom. The number of carbonyl (C=O) groups is 3. The minimum atomic E-state index is -1.18. The molecule has 0 bridgehead atoms. The predicted molar refractivity (Wildman–Crippen MR) is 87.1 cm³/mol. The van der Waals surface area contributed by atoms with Gasteiger partial charge in [-0.15, -0.1) is 11.3 Å². The van der Waals surface area contributed by atoms with Crippen LogP contribution in [0.25, 0.3) is 0 Å². The number of nitrogens with one attached hydrogen (secondary N) is 1. The zero-order valence-corrected chi connectivity index (χ0v) is 14.5. The lowest BCUT2D eigenvalue weighted by atomic mass is 10.0. The minimum Gasteiger partial charge on any atom is -0.478 e. The Hall–Kier alpha value is -1.97. The van der Waals surface area contributed by atoms with Crippen LogP contribution in [0.3, 0.4) is 0 Å². The number of amides is 1. The van der Waals surface area contributed by atoms with Crippen molar-refractivity contribution in [2.45, 2.75) is 45.5 Å². The van der Waals surface area contributed by atoms with Crippen LogP contribution < -0.4 is 11.1 Å². The van der Waals surface area contributed by atoms with E-state index in [1.165, 1.54) is 0 Å². The Kier molecular flexibility index (Phi) is 5.26. The van der Waals surface area contributed by atoms with Crippen molar-refractivity contribution in [2.75, 3.05) is 11.9 Å². The van der Waals surface area contributed by atoms with Crippen LogP contribution in [0.2, 0.25) is 0 Å². The zero-order chi connectivity index (χ0) is 18.1. The van der Waals surface area contributed by atoms with E-state index in [1.807, 2.05) is 0 Å². The van der Waals surface area contributed by atoms with Crippen LogP contribution in [0.5, 0.6) is 0 Å². The number of hydrogen-bond donors (Lipinski definition) is 3. The average molecular weight is 356 g/mol. The number of hydrogen-bond acceptors (Lipinski definition) is 7. The van der Waals surface area contributed by atoms with Crippen LogP contribution in [-0.4, -0.2) is 41.2 Å². The van der Waals surface area contributed by atoms with Crippen molar-refractivity contribution >= 4 is 34.2 Å². The third kappa shape index (κ3) is 4.11. The summed E-state index contributed by atoms with van der Waals surface area (Å²) in [5, 5.41) is 11.9. The molecule has 132 valence electrons. The summed E-state index contributed by atoms with van der Waals surface area (Å²) >= 11 is 1.08. The van der Waals surface area contributed by atoms with Crippen molar-refractivity contribution in [1.29, 1.82) is 0 Å². The maximum absolute atomic E-state index is 12.0. The van der Waals surface area contributed by atoms with Crippen molar-refractivity contribution in [3.05, 3.63) is 16.0 Å². The van der Waals surface area contributed by atoms with Crippen molar-refractivity contribution in [1.82, 2.24) is 0 Å². The first-order chi connectivity index (χ1) is 11.1. The molecule has 0 saturated heterocycles. The third-order valence-corrected chi connectivity index (χ3v) is 4.38. The SMILES string of the molecule is CC(C)(C)OC(=O)C(=O)Nc1sc2c(c1C(=O)O)CC(CN)OC2. The molecule has 2 rings (SSSR count). The van der Waals surface area contributed by atoms with Gasteiger partial charge < -0.3 is 25.6 Å². The molecule has 1 aliphatic rings. The summed E-state index contributed by atoms with van der Waals surface area (Å²) in [7, 11) is 0. The molecule has 1 atom stereocenters. The van der Waals surface area contributed by atoms with Gasteiger partial charge in [-0.05, 0) is 26.3 Å². The van der Waals surface area contributed by atoms with Gasteiger partial charge in [0.1, 0.15) is 10.6 Å². The molecule has 0 radical (unpaired) electrons. The molecule has 0 saturated carbocycles. The summed E-state index contributed by atoms with van der Waals surface area (Å²) in [5.41, 5.74) is 5.33. The highest BCUT2D eigenvalue weighted by molar-refractivity contribution is 7.17. The number of esters is 1. The second kappa shape index (κ2) is 6.88. The van der Waals surface area contributed by atoms with Gasteiger partial charge in [0.05, 0.1) is 18.3 Å². The highest BCUT2D eigenvalue weighted by Crippen LogP contribution is 2.37. The maximum Gasteiger partial charge on any atom is 0.397 e. The third-order valence-electron chi connectivity index (χ3n) is 3.26. The van der Waals surface area contributed by atoms with Crippen LogP contribution in [-0.2, 0) is 32.1 Å². The van der Waals surface area contributed by atoms with Crippen LogP contribution in [0.15, 0.2) is 0 Å². The minimum absolute atomic E-state index is 0.0198. The second-order valence-electron chi connectivity index (χ2n) is 6.34. The number of carboxylic acids is 1. The highest BCUT2D eigenvalue weighted by Gasteiger charge is 2.31. The topological polar surface area (TPSA) is 128 Å². The number of carboxylic acid groups (broad SMARTS) is 1. The van der Waals surface area contributed by atoms with Gasteiger partial charge in [-0.25, -0.2) is 9.59 Å². The lowest BCUT2D eigenvalue weighted by molar-refractivity contribution is -0.161. The molecule has 24 heavy (non-hydrogen) atoms. The number of rotatable bonds is 3. The average Bonchev–Trinajstić information content (AvgIpc) is 2.82. The summed E-state index contributed by atoms with van der Waals surface area (Å²) in [6.07, 6.45) is 0.0892. The van der Waals surface area contributed by atoms with E-state index in [4.69, 9.17) is 15.2 Å². The van der Waals surface area contributed by atoms with E-state index < -0.39 is 23.4 Å². The Morgan fingerprint density at radius 1 is 1.42 bits per heavy atom. The summed E-state index contributed by atoms with van der Waals surface area (Å²) in [6.45, 7) is 5.40. The fourth-order valence-electron chi connectivity index (χ4n) is 2.27. The van der Waals surface area contributed by atoms with Crippen molar-refractivity contribution in [3.8, 4) is 0 Å². The lowest BCUT2D eigenvalue weighted by Crippen LogP contribution is -2.32. The van der Waals surface area contributed by atoms with Gasteiger partial charge in [0.25, 0.3) is 0 Å². The largest absolute Gasteiger partial charge is 0.478 e. The van der Waals surface area contributed by atoms with Gasteiger partial charge in [0.2, 0.25) is 0 Å². The van der Waals surface area contributed by atoms with E-state index in [-0.39, 0.29) is 29.8 Å². The number of nitrogens with two attached hydrogens (primary N) is 1. The Labute approximate surface area is 142 Å². The smallest absolute Gasteiger partial charge is 0.397 e. The number of anilines is 1. The Balaban J connectivity index is 2.25. The highest BCUT2D eigenvalue weighted by atomic mass is 32.1. The van der Waals surface area contributed by atoms with Gasteiger partial charge in [0, 0.05) is 17.8 Å². The molecule has 2 heterocycles. The molecule has 1 amide bonds. The molecule has 1 aromatic heterocycles. The molecule has 8 nitrogen and oxygen atoms in total. The van der Waals surface area contributed by atoms with Gasteiger partial charge in [-0.3, -0.25) is 4.79 Å². The number of ether oxygens (including phenoxy) is 2. The van der Waals surface area contributed by atoms with Gasteiger partial charge >= 0.3 is 17.8 Å². The van der Waals surface area contributed by atoms with E-state index in [0.29, 0.717) is 16.9 Å². The molecule has 1 aliphatic heterocycles. The van der Waals surface area contributed by atoms with E-state index in [0.717, 1.165) is 11.3 Å². The normalized spacial score (nSPS) is 17.1. The second-order valence-corrected chi connectivity index (χ2v) is 7.45. The summed E-state index contributed by atoms with van der Waals surface area (Å²) in [5.74, 6) is -3.26. The van der Waals surface area contributed by atoms with Crippen molar-refractivity contribution in [3.63, 3.8) is 0 Å². The predicted octanol–water partition coefficient (Wildman–Crippen LogP) is 1.13. The molecule has 4 N–H and O–H groups in total. The van der Waals surface area contributed by atoms with Crippen LogP contribution in [0.1, 0.15) is 41.6 Å². The summed E-state index contributed by atoms with van der Waals surface area (Å²) in [4.78, 5) is 36.0. The monoisotopic (exact) mass is 356 g/mol. The zero-order valence-electron chi connectivity index (χ0n) is 13.7. The van der Waals surface area contributed by atoms with E-state index in [1.54, 1.807) is 20.8 Å². The molecule has 1 aromatic rings. The number of thiophene rings is 1. The standard InChI is InChI=1S/C15H20N2O6S/c1-15(2,3)23-14(21)11(18)17-12-10(13(19)20)8-4-7(5-16)22-6-9(8)24-12/h7H,4-6,16H2,1-3H3,(H,17,18)(H,19,20). The fraction of sp³-hybridized carbons (Fsp3) is 0.533. The first-order valence-corrected chi connectivity index (χ1v) is 8.18. The van der Waals surface area contributed by atoms with Crippen LogP contribution >= 0.6 is 11.3 Å². The Bertz CT molecular complexity index is 676. The molecule has 0 aliphatic carbocycles. The lowest BCUT2D eigenvalue weighted by Gasteiger charge is -2.21. The first-order valence-electron chi connectivity index (χ1n) is 7.36. The van der Waals surface area contributed by atoms with E-state index in [9.17, 15) is 19.5 Å². The van der Waals surface area contributed by atoms with Gasteiger partial charge in [-0.2, -0.15) is 0 Å². The number of carbonyl (C=O) groups excluding carboxylic acids is 2. The number of aromatic carboxylic acids is 1. The maximum atomic E-state index is 12.0. The molecule has 0 fully saturated rings. The van der Waals surface area contributed by atoms with E-state index >= 15 is 0 Å². The summed E-state index contributed by atoms with van der Waals surface area (Å²) < 4.78 is 10.5. The van der Waals surface area contributed by atoms with Gasteiger partial charge in [0.15, 0.2) is 0 Å².